The van der Waals surface area contributed by atoms with Gasteiger partial charge in [-0.3, -0.25) is 13.9 Å². The Hall–Kier alpha value is -4.42. The number of fused-ring (bicyclic) bond motifs is 2. The van der Waals surface area contributed by atoms with Crippen LogP contribution in [0.25, 0.3) is 22.1 Å². The second-order valence-corrected chi connectivity index (χ2v) is 11.2. The molecule has 3 aliphatic rings. The quantitative estimate of drug-likeness (QED) is 0.309. The third-order valence-corrected chi connectivity index (χ3v) is 8.74. The highest BCUT2D eigenvalue weighted by Gasteiger charge is 2.47. The van der Waals surface area contributed by atoms with E-state index in [1.807, 2.05) is 6.07 Å². The highest BCUT2D eigenvalue weighted by molar-refractivity contribution is 5.88. The average molecular weight is 564 g/mol. The van der Waals surface area contributed by atoms with Crippen LogP contribution in [0, 0.1) is 0 Å². The van der Waals surface area contributed by atoms with Crippen molar-refractivity contribution in [3.63, 3.8) is 0 Å². The molecule has 0 spiro atoms. The lowest BCUT2D eigenvalue weighted by atomic mass is 9.76. The number of amides is 2. The maximum Gasteiger partial charge on any atom is 0.407 e. The minimum Gasteiger partial charge on any atom is -0.453 e. The van der Waals surface area contributed by atoms with E-state index >= 15 is 0 Å². The van der Waals surface area contributed by atoms with Crippen LogP contribution in [0.15, 0.2) is 29.3 Å². The summed E-state index contributed by atoms with van der Waals surface area (Å²) >= 11 is 0. The van der Waals surface area contributed by atoms with Gasteiger partial charge in [0.1, 0.15) is 17.2 Å². The first-order valence-electron chi connectivity index (χ1n) is 15.8. The molecule has 3 fully saturated rings. The number of nitrogens with zero attached hydrogens (tertiary/aromatic N) is 6. The summed E-state index contributed by atoms with van der Waals surface area (Å²) in [6, 6.07) is 1.57. The Balaban J connectivity index is 1.30. The second-order valence-electron chi connectivity index (χ2n) is 11.2. The molecule has 2 amide bonds. The minimum atomic E-state index is -2.78. The molecule has 0 bridgehead atoms. The summed E-state index contributed by atoms with van der Waals surface area (Å²) in [6.45, 7) is -2.78. The topological polar surface area (TPSA) is 164 Å². The molecule has 13 heteroatoms. The Labute approximate surface area is 240 Å². The van der Waals surface area contributed by atoms with Gasteiger partial charge in [-0.1, -0.05) is 0 Å². The lowest BCUT2D eigenvalue weighted by Gasteiger charge is -2.38. The predicted octanol–water partition coefficient (Wildman–Crippen LogP) is 2.91. The van der Waals surface area contributed by atoms with Gasteiger partial charge in [0.05, 0.1) is 31.9 Å². The number of nitrogens with two attached hydrogens (primary N) is 1. The Bertz CT molecular complexity index is 1920. The number of carbonyl (C=O) groups excluding carboxylic acids is 2. The van der Waals surface area contributed by atoms with Crippen molar-refractivity contribution < 1.29 is 19.8 Å². The van der Waals surface area contributed by atoms with Crippen LogP contribution in [0.4, 0.5) is 16.4 Å². The number of aryl methyl sites for hydroxylation is 1. The first kappa shape index (κ1) is 21.3. The SMILES string of the molecule is [2H]C1(NC(=O)OC)CCC(n2c(=O)n(C([2H])([2H])[2H])c3cnc(Nc4cc(C5CC5)c5cnn(C6(C(N)=O)CCC6)c5n4)cc32)C1. The first-order chi connectivity index (χ1) is 21.3. The van der Waals surface area contributed by atoms with Gasteiger partial charge in [-0.05, 0) is 68.9 Å². The molecular weight excluding hydrogens is 526 g/mol. The second kappa shape index (κ2) is 9.32. The molecule has 4 N–H and O–H groups in total. The zero-order chi connectivity index (χ0) is 31.9. The number of alkyl carbamates (subject to hydrolysis) is 1. The molecule has 3 aliphatic carbocycles. The van der Waals surface area contributed by atoms with Gasteiger partial charge in [0.2, 0.25) is 5.91 Å². The monoisotopic (exact) mass is 563 g/mol. The molecule has 0 radical (unpaired) electrons. The van der Waals surface area contributed by atoms with Crippen LogP contribution in [-0.4, -0.2) is 54.0 Å². The maximum absolute atomic E-state index is 13.6. The lowest BCUT2D eigenvalue weighted by Crippen LogP contribution is -2.52. The van der Waals surface area contributed by atoms with Gasteiger partial charge in [0, 0.05) is 34.6 Å². The number of rotatable bonds is 7. The fraction of sp³-hybridized carbons (Fsp3) is 0.500. The number of ether oxygens (including phenoxy) is 1. The molecule has 4 aromatic rings. The summed E-state index contributed by atoms with van der Waals surface area (Å²) in [4.78, 5) is 47.3. The third-order valence-electron chi connectivity index (χ3n) is 8.74. The molecule has 4 heterocycles. The number of aromatic nitrogens is 6. The highest BCUT2D eigenvalue weighted by atomic mass is 16.5. The van der Waals surface area contributed by atoms with Crippen molar-refractivity contribution in [3.05, 3.63) is 40.6 Å². The Morgan fingerprint density at radius 1 is 1.17 bits per heavy atom. The molecule has 214 valence electrons. The van der Waals surface area contributed by atoms with Gasteiger partial charge in [0.25, 0.3) is 0 Å². The fourth-order valence-corrected chi connectivity index (χ4v) is 6.24. The largest absolute Gasteiger partial charge is 0.453 e. The van der Waals surface area contributed by atoms with E-state index in [1.165, 1.54) is 17.9 Å². The van der Waals surface area contributed by atoms with E-state index in [-0.39, 0.29) is 18.4 Å². The van der Waals surface area contributed by atoms with Gasteiger partial charge < -0.3 is 21.1 Å². The van der Waals surface area contributed by atoms with E-state index < -0.39 is 42.3 Å². The molecule has 3 saturated carbocycles. The standard InChI is InChI=1S/C28H33N9O4/c1-35-21-14-30-22(12-20(21)36(27(35)40)17-7-6-16(10-17)32-26(39)41-2)33-23-11-18(15-4-5-15)19-13-31-37(24(19)34-23)28(25(29)38)8-3-9-28/h11-17H,3-10H2,1-2H3,(H2,29,38)(H,32,39)(H,30,33,34)/i1D3,16D. The summed E-state index contributed by atoms with van der Waals surface area (Å²) in [5.74, 6) is 0.657. The zero-order valence-electron chi connectivity index (χ0n) is 26.5. The molecule has 4 aromatic heterocycles. The molecule has 0 aliphatic heterocycles. The van der Waals surface area contributed by atoms with Crippen LogP contribution in [0.1, 0.15) is 74.4 Å². The van der Waals surface area contributed by atoms with Crippen molar-refractivity contribution in [1.82, 2.24) is 34.2 Å². The van der Waals surface area contributed by atoms with Crippen LogP contribution in [0.5, 0.6) is 0 Å². The number of imidazole rings is 1. The van der Waals surface area contributed by atoms with Crippen LogP contribution in [0.2, 0.25) is 0 Å². The third kappa shape index (κ3) is 4.05. The van der Waals surface area contributed by atoms with Crippen LogP contribution in [0.3, 0.4) is 0 Å². The zero-order valence-corrected chi connectivity index (χ0v) is 22.5. The van der Waals surface area contributed by atoms with Gasteiger partial charge >= 0.3 is 11.8 Å². The number of nitrogens with one attached hydrogen (secondary N) is 2. The van der Waals surface area contributed by atoms with Crippen molar-refractivity contribution >= 4 is 45.7 Å². The molecule has 0 saturated heterocycles. The molecule has 41 heavy (non-hydrogen) atoms. The minimum absolute atomic E-state index is 0.0712. The molecule has 13 nitrogen and oxygen atoms in total. The molecule has 7 rings (SSSR count). The van der Waals surface area contributed by atoms with E-state index in [0.717, 1.165) is 34.8 Å². The summed E-state index contributed by atoms with van der Waals surface area (Å²) in [5.41, 5.74) is 6.18. The number of pyridine rings is 2. The molecule has 2 unspecified atom stereocenters. The predicted molar refractivity (Wildman–Crippen MR) is 151 cm³/mol. The summed E-state index contributed by atoms with van der Waals surface area (Å²) in [6.07, 6.45) is 7.06. The summed E-state index contributed by atoms with van der Waals surface area (Å²) < 4.78 is 41.2. The molecule has 2 atom stereocenters. The fourth-order valence-electron chi connectivity index (χ4n) is 6.24. The van der Waals surface area contributed by atoms with E-state index in [2.05, 4.69) is 25.5 Å². The smallest absolute Gasteiger partial charge is 0.407 e. The van der Waals surface area contributed by atoms with Crippen molar-refractivity contribution in [3.8, 4) is 0 Å². The van der Waals surface area contributed by atoms with Gasteiger partial charge in [-0.25, -0.2) is 24.2 Å². The summed E-state index contributed by atoms with van der Waals surface area (Å²) in [7, 11) is 1.21. The lowest BCUT2D eigenvalue weighted by molar-refractivity contribution is -0.131. The highest BCUT2D eigenvalue weighted by Crippen LogP contribution is 2.46. The maximum atomic E-state index is 13.6. The number of hydrogen-bond donors (Lipinski definition) is 3. The van der Waals surface area contributed by atoms with Crippen molar-refractivity contribution in [2.75, 3.05) is 12.4 Å². The van der Waals surface area contributed by atoms with E-state index in [1.54, 1.807) is 16.9 Å². The summed E-state index contributed by atoms with van der Waals surface area (Å²) in [5, 5.41) is 11.2. The van der Waals surface area contributed by atoms with E-state index in [4.69, 9.17) is 16.2 Å². The van der Waals surface area contributed by atoms with Crippen LogP contribution in [-0.2, 0) is 22.0 Å². The first-order valence-corrected chi connectivity index (χ1v) is 13.8. The van der Waals surface area contributed by atoms with E-state index in [9.17, 15) is 14.4 Å². The van der Waals surface area contributed by atoms with Crippen LogP contribution < -0.4 is 22.1 Å². The van der Waals surface area contributed by atoms with Crippen LogP contribution >= 0.6 is 0 Å². The van der Waals surface area contributed by atoms with Crippen molar-refractivity contribution in [1.29, 1.82) is 0 Å². The molecule has 0 aromatic carbocycles. The molecular formula is C28H33N9O4. The normalized spacial score (nSPS) is 25.1. The van der Waals surface area contributed by atoms with Gasteiger partial charge in [0.15, 0.2) is 5.65 Å². The number of hydrogen-bond acceptors (Lipinski definition) is 8. The Morgan fingerprint density at radius 3 is 2.68 bits per heavy atom. The van der Waals surface area contributed by atoms with Crippen molar-refractivity contribution in [2.45, 2.75) is 74.9 Å². The van der Waals surface area contributed by atoms with E-state index in [0.29, 0.717) is 48.0 Å². The average Bonchev–Trinajstić information content (AvgIpc) is 3.50. The Morgan fingerprint density at radius 2 is 2.00 bits per heavy atom. The number of anilines is 2. The Kier molecular flexibility index (Phi) is 4.85. The van der Waals surface area contributed by atoms with Crippen molar-refractivity contribution in [2.24, 2.45) is 12.7 Å². The van der Waals surface area contributed by atoms with Gasteiger partial charge in [-0.15, -0.1) is 0 Å². The number of methoxy groups -OCH3 is 1. The van der Waals surface area contributed by atoms with Gasteiger partial charge in [-0.2, -0.15) is 5.10 Å². The number of primary amides is 1. The number of carbonyl (C=O) groups is 2.